The second-order valence-electron chi connectivity index (χ2n) is 4.89. The topological polar surface area (TPSA) is 44.1 Å². The van der Waals surface area contributed by atoms with E-state index >= 15 is 0 Å². The first-order valence-corrected chi connectivity index (χ1v) is 6.65. The molecule has 118 valence electrons. The van der Waals surface area contributed by atoms with Crippen LogP contribution in [0, 0.1) is 6.92 Å². The molecule has 2 rings (SSSR count). The number of ether oxygens (including phenoxy) is 1. The van der Waals surface area contributed by atoms with Gasteiger partial charge in [-0.05, 0) is 18.1 Å². The van der Waals surface area contributed by atoms with Crippen molar-refractivity contribution in [3.05, 3.63) is 58.1 Å². The van der Waals surface area contributed by atoms with Gasteiger partial charge in [0.05, 0.1) is 6.61 Å². The minimum atomic E-state index is -4.43. The predicted molar refractivity (Wildman–Crippen MR) is 74.9 cm³/mol. The average molecular weight is 312 g/mol. The third-order valence-electron chi connectivity index (χ3n) is 2.92. The SMILES string of the molecule is Cc1ccc(OCCc2ccc(=O)n(CC(F)(F)F)c2)nc1. The first kappa shape index (κ1) is 16.1. The largest absolute Gasteiger partial charge is 0.477 e. The zero-order valence-electron chi connectivity index (χ0n) is 11.9. The van der Waals surface area contributed by atoms with Crippen molar-refractivity contribution < 1.29 is 17.9 Å². The summed E-state index contributed by atoms with van der Waals surface area (Å²) in [5, 5.41) is 0. The Hall–Kier alpha value is -2.31. The molecule has 0 saturated heterocycles. The zero-order valence-corrected chi connectivity index (χ0v) is 11.9. The van der Waals surface area contributed by atoms with Gasteiger partial charge in [-0.15, -0.1) is 0 Å². The van der Waals surface area contributed by atoms with Gasteiger partial charge < -0.3 is 9.30 Å². The molecule has 2 aromatic rings. The van der Waals surface area contributed by atoms with E-state index in [1.54, 1.807) is 12.3 Å². The lowest BCUT2D eigenvalue weighted by atomic mass is 10.2. The van der Waals surface area contributed by atoms with E-state index in [0.717, 1.165) is 11.6 Å². The maximum Gasteiger partial charge on any atom is 0.406 e. The molecule has 0 bridgehead atoms. The maximum absolute atomic E-state index is 12.4. The van der Waals surface area contributed by atoms with Crippen LogP contribution in [0.5, 0.6) is 5.88 Å². The molecule has 0 aliphatic carbocycles. The van der Waals surface area contributed by atoms with Gasteiger partial charge in [0.1, 0.15) is 6.54 Å². The number of pyridine rings is 2. The molecule has 4 nitrogen and oxygen atoms in total. The Morgan fingerprint density at radius 3 is 2.64 bits per heavy atom. The van der Waals surface area contributed by atoms with Gasteiger partial charge >= 0.3 is 6.18 Å². The van der Waals surface area contributed by atoms with Crippen LogP contribution < -0.4 is 10.3 Å². The quantitative estimate of drug-likeness (QED) is 0.853. The smallest absolute Gasteiger partial charge is 0.406 e. The molecular weight excluding hydrogens is 297 g/mol. The van der Waals surface area contributed by atoms with Gasteiger partial charge in [0, 0.05) is 30.9 Å². The summed E-state index contributed by atoms with van der Waals surface area (Å²) < 4.78 is 43.2. The number of alkyl halides is 3. The van der Waals surface area contributed by atoms with Crippen molar-refractivity contribution in [1.82, 2.24) is 9.55 Å². The molecule has 0 fully saturated rings. The van der Waals surface area contributed by atoms with E-state index in [9.17, 15) is 18.0 Å². The van der Waals surface area contributed by atoms with E-state index in [1.807, 2.05) is 13.0 Å². The van der Waals surface area contributed by atoms with E-state index in [-0.39, 0.29) is 6.61 Å². The van der Waals surface area contributed by atoms with Crippen LogP contribution in [0.3, 0.4) is 0 Å². The molecule has 0 aliphatic rings. The van der Waals surface area contributed by atoms with Crippen molar-refractivity contribution in [2.24, 2.45) is 0 Å². The Labute approximate surface area is 125 Å². The summed E-state index contributed by atoms with van der Waals surface area (Å²) in [5.41, 5.74) is 0.921. The van der Waals surface area contributed by atoms with E-state index in [4.69, 9.17) is 4.74 Å². The first-order chi connectivity index (χ1) is 10.3. The maximum atomic E-state index is 12.4. The highest BCUT2D eigenvalue weighted by Gasteiger charge is 2.28. The van der Waals surface area contributed by atoms with Crippen molar-refractivity contribution in [2.45, 2.75) is 26.1 Å². The second-order valence-corrected chi connectivity index (χ2v) is 4.89. The normalized spacial score (nSPS) is 11.5. The van der Waals surface area contributed by atoms with Crippen LogP contribution in [0.25, 0.3) is 0 Å². The molecule has 7 heteroatoms. The van der Waals surface area contributed by atoms with Crippen LogP contribution in [0.1, 0.15) is 11.1 Å². The number of rotatable bonds is 5. The highest BCUT2D eigenvalue weighted by Crippen LogP contribution is 2.16. The number of halogens is 3. The van der Waals surface area contributed by atoms with Crippen molar-refractivity contribution in [1.29, 1.82) is 0 Å². The van der Waals surface area contributed by atoms with Gasteiger partial charge in [-0.1, -0.05) is 12.1 Å². The predicted octanol–water partition coefficient (Wildman–Crippen LogP) is 2.74. The summed E-state index contributed by atoms with van der Waals surface area (Å²) in [6, 6.07) is 6.21. The minimum Gasteiger partial charge on any atom is -0.477 e. The summed E-state index contributed by atoms with van der Waals surface area (Å²) in [4.78, 5) is 15.5. The number of nitrogens with zero attached hydrogens (tertiary/aromatic N) is 2. The molecule has 0 unspecified atom stereocenters. The lowest BCUT2D eigenvalue weighted by Crippen LogP contribution is -2.27. The molecule has 0 atom stereocenters. The van der Waals surface area contributed by atoms with Gasteiger partial charge in [-0.2, -0.15) is 13.2 Å². The van der Waals surface area contributed by atoms with Crippen LogP contribution in [0.2, 0.25) is 0 Å². The van der Waals surface area contributed by atoms with Crippen LogP contribution in [-0.2, 0) is 13.0 Å². The van der Waals surface area contributed by atoms with Crippen molar-refractivity contribution >= 4 is 0 Å². The van der Waals surface area contributed by atoms with Gasteiger partial charge in [0.2, 0.25) is 5.88 Å². The molecular formula is C15H15F3N2O2. The second kappa shape index (κ2) is 6.64. The summed E-state index contributed by atoms with van der Waals surface area (Å²) in [6.07, 6.45) is -1.17. The molecule has 0 aromatic carbocycles. The van der Waals surface area contributed by atoms with Crippen LogP contribution in [0.15, 0.2) is 41.5 Å². The first-order valence-electron chi connectivity index (χ1n) is 6.65. The monoisotopic (exact) mass is 312 g/mol. The van der Waals surface area contributed by atoms with Crippen molar-refractivity contribution in [3.8, 4) is 5.88 Å². The third kappa shape index (κ3) is 4.91. The summed E-state index contributed by atoms with van der Waals surface area (Å²) >= 11 is 0. The molecule has 0 radical (unpaired) electrons. The Bertz CT molecular complexity index is 678. The van der Waals surface area contributed by atoms with Crippen molar-refractivity contribution in [3.63, 3.8) is 0 Å². The fourth-order valence-electron chi connectivity index (χ4n) is 1.86. The zero-order chi connectivity index (χ0) is 16.2. The Morgan fingerprint density at radius 1 is 1.23 bits per heavy atom. The Morgan fingerprint density at radius 2 is 2.00 bits per heavy atom. The number of hydrogen-bond donors (Lipinski definition) is 0. The van der Waals surface area contributed by atoms with E-state index in [0.29, 0.717) is 22.4 Å². The molecule has 0 aliphatic heterocycles. The fraction of sp³-hybridized carbons (Fsp3) is 0.333. The van der Waals surface area contributed by atoms with Gasteiger partial charge in [0.25, 0.3) is 5.56 Å². The highest BCUT2D eigenvalue weighted by atomic mass is 19.4. The Kier molecular flexibility index (Phi) is 4.85. The standard InChI is InChI=1S/C15H15F3N2O2/c1-11-2-4-13(19-8-11)22-7-6-12-3-5-14(21)20(9-12)10-15(16,17)18/h2-5,8-9H,6-7,10H2,1H3. The summed E-state index contributed by atoms with van der Waals surface area (Å²) in [5.74, 6) is 0.453. The molecule has 0 spiro atoms. The van der Waals surface area contributed by atoms with Gasteiger partial charge in [0.15, 0.2) is 0 Å². The Balaban J connectivity index is 1.97. The lowest BCUT2D eigenvalue weighted by Gasteiger charge is -2.11. The summed E-state index contributed by atoms with van der Waals surface area (Å²) in [6.45, 7) is 0.876. The lowest BCUT2D eigenvalue weighted by molar-refractivity contribution is -0.141. The van der Waals surface area contributed by atoms with Crippen molar-refractivity contribution in [2.75, 3.05) is 6.61 Å². The molecule has 0 saturated carbocycles. The van der Waals surface area contributed by atoms with Gasteiger partial charge in [-0.25, -0.2) is 4.98 Å². The van der Waals surface area contributed by atoms with E-state index in [1.165, 1.54) is 12.3 Å². The van der Waals surface area contributed by atoms with E-state index < -0.39 is 18.3 Å². The average Bonchev–Trinajstić information content (AvgIpc) is 2.43. The third-order valence-corrected chi connectivity index (χ3v) is 2.92. The van der Waals surface area contributed by atoms with E-state index in [2.05, 4.69) is 4.98 Å². The van der Waals surface area contributed by atoms with Gasteiger partial charge in [-0.3, -0.25) is 4.79 Å². The fourth-order valence-corrected chi connectivity index (χ4v) is 1.86. The minimum absolute atomic E-state index is 0.264. The molecule has 0 amide bonds. The van der Waals surface area contributed by atoms with Crippen LogP contribution in [-0.4, -0.2) is 22.3 Å². The summed E-state index contributed by atoms with van der Waals surface area (Å²) in [7, 11) is 0. The molecule has 2 heterocycles. The number of aryl methyl sites for hydroxylation is 1. The van der Waals surface area contributed by atoms with Crippen LogP contribution >= 0.6 is 0 Å². The van der Waals surface area contributed by atoms with Crippen LogP contribution in [0.4, 0.5) is 13.2 Å². The number of aromatic nitrogens is 2. The number of hydrogen-bond acceptors (Lipinski definition) is 3. The molecule has 2 aromatic heterocycles. The highest BCUT2D eigenvalue weighted by molar-refractivity contribution is 5.16. The molecule has 0 N–H and O–H groups in total. The molecule has 22 heavy (non-hydrogen) atoms.